The number of hydrogen-bond donors (Lipinski definition) is 2. The van der Waals surface area contributed by atoms with E-state index in [1.165, 1.54) is 24.3 Å². The number of aliphatic hydroxyl groups excluding tert-OH is 1. The van der Waals surface area contributed by atoms with E-state index >= 15 is 0 Å². The van der Waals surface area contributed by atoms with E-state index in [2.05, 4.69) is 15.9 Å². The van der Waals surface area contributed by atoms with Crippen LogP contribution in [0.5, 0.6) is 0 Å². The fourth-order valence-electron chi connectivity index (χ4n) is 3.26. The summed E-state index contributed by atoms with van der Waals surface area (Å²) in [6.07, 6.45) is 0. The molecule has 0 aromatic heterocycles. The molecular weight excluding hydrogens is 503 g/mol. The van der Waals surface area contributed by atoms with Crippen LogP contribution in [0.15, 0.2) is 56.7 Å². The molecule has 12 heteroatoms. The second-order valence-corrected chi connectivity index (χ2v) is 11.7. The minimum Gasteiger partial charge on any atom is -0.393 e. The van der Waals surface area contributed by atoms with E-state index in [-0.39, 0.29) is 19.8 Å². The monoisotopic (exact) mass is 518 g/mol. The Morgan fingerprint density at radius 1 is 1.20 bits per heavy atom. The molecule has 1 aliphatic heterocycles. The predicted octanol–water partition coefficient (Wildman–Crippen LogP) is 1.03. The number of benzene rings is 2. The standard InChI is InChI=1S/C18H16BrFN2O6S2/c19-15-7-13(20)3-6-16(15)30(27,28)22-9-17(18(24,10-22)11-23)29(25,26)14-4-1-12(8-21)2-5-14/h1-7,17,23-24H,9-11H2/t17-,18+/m0/s1. The molecule has 0 aliphatic carbocycles. The largest absolute Gasteiger partial charge is 0.393 e. The maximum absolute atomic E-state index is 13.3. The summed E-state index contributed by atoms with van der Waals surface area (Å²) in [5.41, 5.74) is -2.03. The molecule has 1 heterocycles. The van der Waals surface area contributed by atoms with Gasteiger partial charge in [-0.25, -0.2) is 21.2 Å². The van der Waals surface area contributed by atoms with Gasteiger partial charge in [-0.05, 0) is 58.4 Å². The summed E-state index contributed by atoms with van der Waals surface area (Å²) >= 11 is 2.98. The molecule has 8 nitrogen and oxygen atoms in total. The Bertz CT molecular complexity index is 1230. The van der Waals surface area contributed by atoms with Crippen molar-refractivity contribution in [3.63, 3.8) is 0 Å². The van der Waals surface area contributed by atoms with Gasteiger partial charge in [0, 0.05) is 17.6 Å². The van der Waals surface area contributed by atoms with Gasteiger partial charge in [0.05, 0.1) is 28.0 Å². The molecule has 0 unspecified atom stereocenters. The highest BCUT2D eigenvalue weighted by molar-refractivity contribution is 9.10. The van der Waals surface area contributed by atoms with Crippen LogP contribution in [-0.4, -0.2) is 61.9 Å². The van der Waals surface area contributed by atoms with Gasteiger partial charge >= 0.3 is 0 Å². The van der Waals surface area contributed by atoms with Crippen LogP contribution in [0.25, 0.3) is 0 Å². The minimum absolute atomic E-state index is 0.0616. The van der Waals surface area contributed by atoms with E-state index < -0.39 is 56.2 Å². The van der Waals surface area contributed by atoms with Gasteiger partial charge in [-0.3, -0.25) is 0 Å². The quantitative estimate of drug-likeness (QED) is 0.603. The van der Waals surface area contributed by atoms with Crippen molar-refractivity contribution in [2.45, 2.75) is 20.6 Å². The van der Waals surface area contributed by atoms with Gasteiger partial charge in [-0.15, -0.1) is 0 Å². The highest BCUT2D eigenvalue weighted by Gasteiger charge is 2.55. The first-order valence-corrected chi connectivity index (χ1v) is 12.3. The van der Waals surface area contributed by atoms with Gasteiger partial charge < -0.3 is 10.2 Å². The number of sulfone groups is 1. The second-order valence-electron chi connectivity index (χ2n) is 6.80. The summed E-state index contributed by atoms with van der Waals surface area (Å²) in [5.74, 6) is -0.671. The Morgan fingerprint density at radius 3 is 2.37 bits per heavy atom. The van der Waals surface area contributed by atoms with Gasteiger partial charge in [0.2, 0.25) is 10.0 Å². The minimum atomic E-state index is -4.31. The first-order chi connectivity index (χ1) is 14.0. The molecule has 0 saturated carbocycles. The molecule has 1 saturated heterocycles. The lowest BCUT2D eigenvalue weighted by atomic mass is 10.1. The van der Waals surface area contributed by atoms with Crippen LogP contribution in [0.2, 0.25) is 0 Å². The summed E-state index contributed by atoms with van der Waals surface area (Å²) in [4.78, 5) is -0.527. The van der Waals surface area contributed by atoms with Crippen LogP contribution >= 0.6 is 15.9 Å². The van der Waals surface area contributed by atoms with Crippen molar-refractivity contribution in [3.05, 3.63) is 58.3 Å². The maximum Gasteiger partial charge on any atom is 0.244 e. The smallest absolute Gasteiger partial charge is 0.244 e. The third-order valence-electron chi connectivity index (χ3n) is 4.89. The number of hydrogen-bond acceptors (Lipinski definition) is 7. The van der Waals surface area contributed by atoms with E-state index in [1.54, 1.807) is 0 Å². The summed E-state index contributed by atoms with van der Waals surface area (Å²) in [5, 5.41) is 27.7. The molecule has 0 radical (unpaired) electrons. The molecule has 1 aliphatic rings. The van der Waals surface area contributed by atoms with Crippen molar-refractivity contribution in [2.75, 3.05) is 19.7 Å². The van der Waals surface area contributed by atoms with E-state index in [0.29, 0.717) is 0 Å². The third kappa shape index (κ3) is 3.89. The number of nitrogens with zero attached hydrogens (tertiary/aromatic N) is 2. The van der Waals surface area contributed by atoms with Gasteiger partial charge in [-0.1, -0.05) is 0 Å². The highest BCUT2D eigenvalue weighted by Crippen LogP contribution is 2.36. The molecule has 0 spiro atoms. The lowest BCUT2D eigenvalue weighted by Gasteiger charge is -2.26. The number of aliphatic hydroxyl groups is 2. The highest BCUT2D eigenvalue weighted by atomic mass is 79.9. The fraction of sp³-hybridized carbons (Fsp3) is 0.278. The molecule has 3 rings (SSSR count). The molecule has 2 aromatic carbocycles. The fourth-order valence-corrected chi connectivity index (χ4v) is 7.82. The predicted molar refractivity (Wildman–Crippen MR) is 107 cm³/mol. The number of sulfonamides is 1. The van der Waals surface area contributed by atoms with Crippen molar-refractivity contribution in [1.82, 2.24) is 4.31 Å². The van der Waals surface area contributed by atoms with Crippen molar-refractivity contribution in [1.29, 1.82) is 5.26 Å². The van der Waals surface area contributed by atoms with E-state index in [4.69, 9.17) is 5.26 Å². The SMILES string of the molecule is N#Cc1ccc(S(=O)(=O)[C@H]2CN(S(=O)(=O)c3ccc(F)cc3Br)C[C@@]2(O)CO)cc1. The Balaban J connectivity index is 2.02. The molecule has 1 fully saturated rings. The van der Waals surface area contributed by atoms with Crippen LogP contribution in [0.3, 0.4) is 0 Å². The Kier molecular flexibility index (Phi) is 6.07. The summed E-state index contributed by atoms with van der Waals surface area (Å²) in [7, 11) is -8.59. The molecule has 0 bridgehead atoms. The average Bonchev–Trinajstić information content (AvgIpc) is 3.07. The van der Waals surface area contributed by atoms with Crippen LogP contribution in [-0.2, 0) is 19.9 Å². The van der Waals surface area contributed by atoms with E-state index in [1.807, 2.05) is 6.07 Å². The third-order valence-corrected chi connectivity index (χ3v) is 9.95. The molecular formula is C18H16BrFN2O6S2. The van der Waals surface area contributed by atoms with Gasteiger partial charge in [0.1, 0.15) is 16.7 Å². The van der Waals surface area contributed by atoms with Crippen LogP contribution in [0.4, 0.5) is 4.39 Å². The number of rotatable bonds is 5. The molecule has 160 valence electrons. The van der Waals surface area contributed by atoms with Crippen molar-refractivity contribution in [3.8, 4) is 6.07 Å². The molecule has 2 N–H and O–H groups in total. The summed E-state index contributed by atoms with van der Waals surface area (Å²) in [6, 6.07) is 9.69. The van der Waals surface area contributed by atoms with Gasteiger partial charge in [-0.2, -0.15) is 9.57 Å². The lowest BCUT2D eigenvalue weighted by Crippen LogP contribution is -2.49. The second kappa shape index (κ2) is 7.99. The van der Waals surface area contributed by atoms with E-state index in [9.17, 15) is 31.4 Å². The molecule has 30 heavy (non-hydrogen) atoms. The Labute approximate surface area is 181 Å². The molecule has 2 atom stereocenters. The van der Waals surface area contributed by atoms with Gasteiger partial charge in [0.25, 0.3) is 0 Å². The number of β-amino-alcohol motifs (C(OH)–C–C–N with tert-alkyl or cyclic N) is 1. The lowest BCUT2D eigenvalue weighted by molar-refractivity contribution is 0.00160. The zero-order valence-corrected chi connectivity index (χ0v) is 18.5. The maximum atomic E-state index is 13.3. The topological polar surface area (TPSA) is 136 Å². The van der Waals surface area contributed by atoms with E-state index in [0.717, 1.165) is 22.5 Å². The zero-order valence-electron chi connectivity index (χ0n) is 15.2. The van der Waals surface area contributed by atoms with Crippen molar-refractivity contribution < 1.29 is 31.4 Å². The normalized spacial score (nSPS) is 22.7. The molecule has 0 amide bonds. The number of halogens is 2. The molecule has 2 aromatic rings. The Hall–Kier alpha value is -1.88. The summed E-state index contributed by atoms with van der Waals surface area (Å²) < 4.78 is 66.2. The van der Waals surface area contributed by atoms with Crippen molar-refractivity contribution in [2.24, 2.45) is 0 Å². The zero-order chi connectivity index (χ0) is 22.3. The van der Waals surface area contributed by atoms with Crippen LogP contribution < -0.4 is 0 Å². The summed E-state index contributed by atoms with van der Waals surface area (Å²) in [6.45, 7) is -2.29. The first-order valence-electron chi connectivity index (χ1n) is 8.48. The van der Waals surface area contributed by atoms with Crippen molar-refractivity contribution >= 4 is 35.8 Å². The van der Waals surface area contributed by atoms with Gasteiger partial charge in [0.15, 0.2) is 9.84 Å². The average molecular weight is 519 g/mol. The van der Waals surface area contributed by atoms with Crippen LogP contribution in [0, 0.1) is 17.1 Å². The Morgan fingerprint density at radius 2 is 1.83 bits per heavy atom. The van der Waals surface area contributed by atoms with Crippen LogP contribution in [0.1, 0.15) is 5.56 Å². The number of nitriles is 1. The first kappa shape index (κ1) is 22.8.